The van der Waals surface area contributed by atoms with Crippen LogP contribution in [-0.4, -0.2) is 34.5 Å². The van der Waals surface area contributed by atoms with Crippen LogP contribution in [0.3, 0.4) is 0 Å². The SMILES string of the molecule is COc1cc(-c2cc(F)c3c(c2NC(=O)N=[SH]c2cnn4c2OCCC4)CC3)ccn1. The number of fused-ring (bicyclic) bond motifs is 2. The van der Waals surface area contributed by atoms with Crippen molar-refractivity contribution in [3.63, 3.8) is 0 Å². The van der Waals surface area contributed by atoms with Crippen LogP contribution in [-0.2, 0) is 30.9 Å². The van der Waals surface area contributed by atoms with Crippen LogP contribution in [0.25, 0.3) is 11.1 Å². The first-order valence-corrected chi connectivity index (χ1v) is 10.7. The molecule has 0 bridgehead atoms. The minimum absolute atomic E-state index is 0.274. The summed E-state index contributed by atoms with van der Waals surface area (Å²) in [6, 6.07) is 4.40. The molecule has 8 nitrogen and oxygen atoms in total. The van der Waals surface area contributed by atoms with Crippen molar-refractivity contribution in [1.82, 2.24) is 14.8 Å². The Morgan fingerprint density at radius 3 is 3.03 bits per heavy atom. The van der Waals surface area contributed by atoms with Gasteiger partial charge in [-0.05, 0) is 41.7 Å². The number of hydrogen-bond acceptors (Lipinski definition) is 5. The van der Waals surface area contributed by atoms with Gasteiger partial charge >= 0.3 is 6.03 Å². The molecule has 1 aromatic carbocycles. The van der Waals surface area contributed by atoms with E-state index < -0.39 is 6.03 Å². The second-order valence-corrected chi connectivity index (χ2v) is 8.10. The summed E-state index contributed by atoms with van der Waals surface area (Å²) in [6.07, 6.45) is 5.50. The molecule has 1 N–H and O–H groups in total. The van der Waals surface area contributed by atoms with E-state index in [1.807, 2.05) is 0 Å². The predicted octanol–water partition coefficient (Wildman–Crippen LogP) is 3.56. The monoisotopic (exact) mass is 441 g/mol. The van der Waals surface area contributed by atoms with Crippen LogP contribution < -0.4 is 14.8 Å². The van der Waals surface area contributed by atoms with E-state index in [1.165, 1.54) is 13.2 Å². The van der Waals surface area contributed by atoms with Crippen molar-refractivity contribution in [1.29, 1.82) is 0 Å². The lowest BCUT2D eigenvalue weighted by Gasteiger charge is -2.26. The van der Waals surface area contributed by atoms with Gasteiger partial charge in [0.15, 0.2) is 0 Å². The van der Waals surface area contributed by atoms with E-state index in [2.05, 4.69) is 19.8 Å². The highest BCUT2D eigenvalue weighted by atomic mass is 32.1. The molecule has 0 atom stereocenters. The van der Waals surface area contributed by atoms with E-state index in [9.17, 15) is 9.18 Å². The Bertz CT molecular complexity index is 1210. The van der Waals surface area contributed by atoms with Gasteiger partial charge in [0.25, 0.3) is 0 Å². The summed E-state index contributed by atoms with van der Waals surface area (Å²) in [7, 11) is 1.52. The Morgan fingerprint density at radius 2 is 2.23 bits per heavy atom. The first-order valence-electron chi connectivity index (χ1n) is 9.90. The standard InChI is InChI=1S/C21H20FN5O3S/c1-29-18-9-12(5-6-23-18)15-10-16(22)13-3-4-14(13)19(15)25-21(28)26-31-17-11-24-27-7-2-8-30-20(17)27/h5-6,9-11,31H,2-4,7-8H2,1H3,(H,25,28). The molecular formula is C21H20FN5O3S. The number of carbonyl (C=O) groups excluding carboxylic acids is 1. The smallest absolute Gasteiger partial charge is 0.351 e. The van der Waals surface area contributed by atoms with Gasteiger partial charge in [-0.1, -0.05) is 11.6 Å². The number of aryl methyl sites for hydroxylation is 1. The zero-order valence-corrected chi connectivity index (χ0v) is 17.7. The van der Waals surface area contributed by atoms with E-state index in [4.69, 9.17) is 9.47 Å². The number of rotatable bonds is 4. The molecule has 0 saturated carbocycles. The molecule has 0 radical (unpaired) electrons. The highest BCUT2D eigenvalue weighted by molar-refractivity contribution is 7.68. The van der Waals surface area contributed by atoms with Gasteiger partial charge in [-0.3, -0.25) is 0 Å². The summed E-state index contributed by atoms with van der Waals surface area (Å²) in [4.78, 5) is 17.5. The molecular weight excluding hydrogens is 421 g/mol. The Morgan fingerprint density at radius 1 is 1.35 bits per heavy atom. The zero-order valence-electron chi connectivity index (χ0n) is 16.8. The first kappa shape index (κ1) is 19.7. The fourth-order valence-electron chi connectivity index (χ4n) is 3.78. The number of benzene rings is 1. The average Bonchev–Trinajstić information content (AvgIpc) is 3.17. The number of aromatic nitrogens is 3. The number of nitrogens with one attached hydrogen (secondary N) is 1. The minimum atomic E-state index is -0.514. The molecule has 0 unspecified atom stereocenters. The topological polar surface area (TPSA) is 90.6 Å². The summed E-state index contributed by atoms with van der Waals surface area (Å²) in [5.41, 5.74) is 3.29. The number of urea groups is 1. The number of pyridine rings is 1. The molecule has 3 heterocycles. The summed E-state index contributed by atoms with van der Waals surface area (Å²) in [5, 5.41) is 7.13. The summed E-state index contributed by atoms with van der Waals surface area (Å²) in [5.74, 6) is 0.788. The van der Waals surface area contributed by atoms with Crippen molar-refractivity contribution in [3.05, 3.63) is 47.5 Å². The Labute approximate surface area is 181 Å². The number of anilines is 1. The molecule has 2 amide bonds. The van der Waals surface area contributed by atoms with Gasteiger partial charge in [-0.15, -0.1) is 0 Å². The molecule has 1 aliphatic heterocycles. The fraction of sp³-hybridized carbons (Fsp3) is 0.286. The highest BCUT2D eigenvalue weighted by Gasteiger charge is 2.26. The molecule has 0 fully saturated rings. The second-order valence-electron chi connectivity index (χ2n) is 7.22. The van der Waals surface area contributed by atoms with Crippen molar-refractivity contribution < 1.29 is 18.7 Å². The Balaban J connectivity index is 1.45. The maximum absolute atomic E-state index is 14.6. The third kappa shape index (κ3) is 3.67. The van der Waals surface area contributed by atoms with E-state index in [-0.39, 0.29) is 5.82 Å². The van der Waals surface area contributed by atoms with Crippen LogP contribution in [0.4, 0.5) is 14.9 Å². The van der Waals surface area contributed by atoms with Crippen LogP contribution >= 0.6 is 0 Å². The third-order valence-corrected chi connectivity index (χ3v) is 6.19. The number of halogens is 1. The number of thiol groups is 1. The summed E-state index contributed by atoms with van der Waals surface area (Å²) in [6.45, 7) is 1.42. The lowest BCUT2D eigenvalue weighted by atomic mass is 9.83. The molecule has 1 aliphatic carbocycles. The molecule has 2 aliphatic rings. The summed E-state index contributed by atoms with van der Waals surface area (Å²) < 4.78 is 31.3. The van der Waals surface area contributed by atoms with Crippen LogP contribution in [0.1, 0.15) is 17.5 Å². The van der Waals surface area contributed by atoms with E-state index in [1.54, 1.807) is 29.2 Å². The van der Waals surface area contributed by atoms with Crippen molar-refractivity contribution >= 4 is 23.3 Å². The molecule has 0 spiro atoms. The maximum Gasteiger partial charge on any atom is 0.351 e. The highest BCUT2D eigenvalue weighted by Crippen LogP contribution is 2.41. The molecule has 0 saturated heterocycles. The number of methoxy groups -OCH3 is 1. The minimum Gasteiger partial charge on any atom is -0.481 e. The molecule has 3 aromatic rings. The first-order chi connectivity index (χ1) is 15.1. The lowest BCUT2D eigenvalue weighted by molar-refractivity contribution is 0.225. The second kappa shape index (κ2) is 8.10. The number of hydrogen-bond donors (Lipinski definition) is 2. The number of amides is 2. The lowest BCUT2D eigenvalue weighted by Crippen LogP contribution is -2.18. The molecule has 31 heavy (non-hydrogen) atoms. The van der Waals surface area contributed by atoms with E-state index in [0.717, 1.165) is 23.4 Å². The molecule has 5 rings (SSSR count). The zero-order chi connectivity index (χ0) is 21.4. The van der Waals surface area contributed by atoms with Gasteiger partial charge in [-0.2, -0.15) is 9.46 Å². The average molecular weight is 441 g/mol. The quantitative estimate of drug-likeness (QED) is 0.604. The summed E-state index contributed by atoms with van der Waals surface area (Å²) >= 11 is 0.440. The molecule has 2 aromatic heterocycles. The normalized spacial score (nSPS) is 14.6. The van der Waals surface area contributed by atoms with Crippen LogP contribution in [0.5, 0.6) is 11.8 Å². The van der Waals surface area contributed by atoms with Gasteiger partial charge < -0.3 is 14.8 Å². The van der Waals surface area contributed by atoms with E-state index in [0.29, 0.717) is 65.1 Å². The third-order valence-electron chi connectivity index (χ3n) is 5.38. The predicted molar refractivity (Wildman–Crippen MR) is 114 cm³/mol. The van der Waals surface area contributed by atoms with Gasteiger partial charge in [0, 0.05) is 30.8 Å². The largest absolute Gasteiger partial charge is 0.481 e. The van der Waals surface area contributed by atoms with Crippen LogP contribution in [0, 0.1) is 5.82 Å². The molecule has 160 valence electrons. The van der Waals surface area contributed by atoms with Gasteiger partial charge in [0.05, 0.1) is 30.5 Å². The van der Waals surface area contributed by atoms with Crippen molar-refractivity contribution in [2.24, 2.45) is 4.36 Å². The molecule has 10 heteroatoms. The van der Waals surface area contributed by atoms with Gasteiger partial charge in [0.1, 0.15) is 5.82 Å². The van der Waals surface area contributed by atoms with Crippen LogP contribution in [0.15, 0.2) is 39.9 Å². The van der Waals surface area contributed by atoms with Crippen molar-refractivity contribution in [2.75, 3.05) is 19.0 Å². The fourth-order valence-corrected chi connectivity index (χ4v) is 4.39. The van der Waals surface area contributed by atoms with Crippen molar-refractivity contribution in [2.45, 2.75) is 30.7 Å². The Kier molecular flexibility index (Phi) is 5.14. The van der Waals surface area contributed by atoms with Gasteiger partial charge in [0.2, 0.25) is 11.8 Å². The Hall–Kier alpha value is -3.27. The number of carbonyl (C=O) groups is 1. The maximum atomic E-state index is 14.6. The van der Waals surface area contributed by atoms with Crippen molar-refractivity contribution in [3.8, 4) is 22.9 Å². The van der Waals surface area contributed by atoms with E-state index >= 15 is 0 Å². The van der Waals surface area contributed by atoms with Crippen LogP contribution in [0.2, 0.25) is 0 Å². The number of ether oxygens (including phenoxy) is 2. The number of nitrogens with zero attached hydrogens (tertiary/aromatic N) is 4. The van der Waals surface area contributed by atoms with Gasteiger partial charge in [-0.25, -0.2) is 18.9 Å².